The van der Waals surface area contributed by atoms with Crippen molar-refractivity contribution in [3.63, 3.8) is 0 Å². The Hall–Kier alpha value is -2.21. The summed E-state index contributed by atoms with van der Waals surface area (Å²) in [6, 6.07) is 0. The van der Waals surface area contributed by atoms with Crippen LogP contribution in [0, 0.1) is 29.1 Å². The Morgan fingerprint density at radius 3 is 2.22 bits per heavy atom. The summed E-state index contributed by atoms with van der Waals surface area (Å²) in [4.78, 5) is 51.0. The van der Waals surface area contributed by atoms with Gasteiger partial charge in [-0.3, -0.25) is 19.2 Å². The molecule has 2 aliphatic carbocycles. The molecule has 3 aliphatic heterocycles. The average Bonchev–Trinajstić information content (AvgIpc) is 3.78. The monoisotopic (exact) mass is 598 g/mol. The standard InChI is InChI=1S/C29H39ClO11/c1-10(2)9-16(33)38-19-11(3)17-23(36-14(6)31)29(35)13(5)27(34)41-24(29)18(30)12(4)20-21(39-20)25(37-15(7)32)28(17,8)26-22(19)40-26/h10-11,13,17-26,35H,4,9H2,1-3,5-8H3. The lowest BCUT2D eigenvalue weighted by atomic mass is 9.53. The van der Waals surface area contributed by atoms with Gasteiger partial charge in [0.15, 0.2) is 11.7 Å². The van der Waals surface area contributed by atoms with E-state index in [1.54, 1.807) is 0 Å². The summed E-state index contributed by atoms with van der Waals surface area (Å²) in [5.41, 5.74) is -2.93. The molecule has 3 saturated heterocycles. The highest BCUT2D eigenvalue weighted by Gasteiger charge is 2.78. The zero-order chi connectivity index (χ0) is 30.3. The summed E-state index contributed by atoms with van der Waals surface area (Å²) in [5, 5.41) is 11.4. The molecule has 11 nitrogen and oxygen atoms in total. The minimum Gasteiger partial charge on any atom is -0.459 e. The van der Waals surface area contributed by atoms with Crippen LogP contribution in [-0.2, 0) is 47.6 Å². The van der Waals surface area contributed by atoms with E-state index in [0.29, 0.717) is 5.57 Å². The molecule has 5 rings (SSSR count). The van der Waals surface area contributed by atoms with Crippen LogP contribution in [0.15, 0.2) is 12.2 Å². The van der Waals surface area contributed by atoms with Crippen molar-refractivity contribution in [3.05, 3.63) is 12.2 Å². The minimum atomic E-state index is -2.13. The Kier molecular flexibility index (Phi) is 7.53. The molecule has 0 aromatic carbocycles. The fraction of sp³-hybridized carbons (Fsp3) is 0.793. The number of ether oxygens (including phenoxy) is 6. The van der Waals surface area contributed by atoms with Crippen molar-refractivity contribution in [1.29, 1.82) is 0 Å². The number of halogens is 1. The predicted molar refractivity (Wildman–Crippen MR) is 141 cm³/mol. The summed E-state index contributed by atoms with van der Waals surface area (Å²) >= 11 is 6.84. The first kappa shape index (κ1) is 30.3. The summed E-state index contributed by atoms with van der Waals surface area (Å²) in [6.07, 6.45) is -6.75. The summed E-state index contributed by atoms with van der Waals surface area (Å²) < 4.78 is 35.7. The molecule has 0 amide bonds. The largest absolute Gasteiger partial charge is 0.459 e. The van der Waals surface area contributed by atoms with Gasteiger partial charge in [0, 0.05) is 37.5 Å². The van der Waals surface area contributed by atoms with Crippen LogP contribution in [0.5, 0.6) is 0 Å². The SMILES string of the molecule is C=C1C(Cl)C2OC(=O)C(C)C2(O)C(OC(C)=O)C2C(C)C(OC(=O)CC(C)C)C3OC3C2(C)C(OC(C)=O)C2OC12. The Labute approximate surface area is 244 Å². The van der Waals surface area contributed by atoms with Gasteiger partial charge in [-0.1, -0.05) is 34.3 Å². The molecule has 2 saturated carbocycles. The quantitative estimate of drug-likeness (QED) is 0.163. The Morgan fingerprint density at radius 1 is 1.02 bits per heavy atom. The number of epoxide rings is 2. The molecule has 0 radical (unpaired) electrons. The third-order valence-corrected chi connectivity index (χ3v) is 10.2. The molecule has 0 aromatic rings. The van der Waals surface area contributed by atoms with Crippen LogP contribution in [-0.4, -0.2) is 88.8 Å². The summed E-state index contributed by atoms with van der Waals surface area (Å²) in [6.45, 7) is 15.5. The second-order valence-electron chi connectivity index (χ2n) is 12.8. The van der Waals surface area contributed by atoms with Crippen molar-refractivity contribution in [1.82, 2.24) is 0 Å². The first-order valence-corrected chi connectivity index (χ1v) is 14.6. The average molecular weight is 599 g/mol. The lowest BCUT2D eigenvalue weighted by Crippen LogP contribution is -2.69. The molecule has 1 N–H and O–H groups in total. The number of alkyl halides is 1. The number of hydrogen-bond acceptors (Lipinski definition) is 11. The van der Waals surface area contributed by atoms with E-state index in [0.717, 1.165) is 0 Å². The molecule has 14 unspecified atom stereocenters. The van der Waals surface area contributed by atoms with Gasteiger partial charge in [-0.05, 0) is 18.4 Å². The molecule has 0 aromatic heterocycles. The molecule has 14 atom stereocenters. The van der Waals surface area contributed by atoms with Crippen molar-refractivity contribution >= 4 is 35.5 Å². The van der Waals surface area contributed by atoms with Crippen molar-refractivity contribution < 1.29 is 52.7 Å². The van der Waals surface area contributed by atoms with E-state index in [2.05, 4.69) is 6.58 Å². The van der Waals surface area contributed by atoms with Crippen LogP contribution in [0.1, 0.15) is 54.9 Å². The van der Waals surface area contributed by atoms with Crippen molar-refractivity contribution in [2.24, 2.45) is 29.1 Å². The molecule has 3 heterocycles. The Balaban J connectivity index is 1.70. The van der Waals surface area contributed by atoms with E-state index >= 15 is 0 Å². The second-order valence-corrected chi connectivity index (χ2v) is 13.3. The molecule has 228 valence electrons. The maximum absolute atomic E-state index is 13.0. The van der Waals surface area contributed by atoms with Gasteiger partial charge in [-0.25, -0.2) is 0 Å². The van der Waals surface area contributed by atoms with Crippen molar-refractivity contribution in [2.75, 3.05) is 0 Å². The maximum Gasteiger partial charge on any atom is 0.312 e. The second kappa shape index (κ2) is 10.2. The third kappa shape index (κ3) is 4.67. The van der Waals surface area contributed by atoms with Gasteiger partial charge in [0.05, 0.1) is 17.4 Å². The number of hydrogen-bond donors (Lipinski definition) is 1. The fourth-order valence-corrected chi connectivity index (χ4v) is 8.00. The molecular formula is C29H39ClO11. The maximum atomic E-state index is 13.0. The first-order chi connectivity index (χ1) is 19.0. The molecular weight excluding hydrogens is 560 g/mol. The molecule has 41 heavy (non-hydrogen) atoms. The van der Waals surface area contributed by atoms with E-state index in [4.69, 9.17) is 40.0 Å². The third-order valence-electron chi connectivity index (χ3n) is 9.64. The lowest BCUT2D eigenvalue weighted by molar-refractivity contribution is -0.227. The van der Waals surface area contributed by atoms with Crippen LogP contribution < -0.4 is 0 Å². The predicted octanol–water partition coefficient (Wildman–Crippen LogP) is 2.08. The number of rotatable bonds is 5. The van der Waals surface area contributed by atoms with Gasteiger partial charge < -0.3 is 33.5 Å². The van der Waals surface area contributed by atoms with E-state index in [1.165, 1.54) is 20.8 Å². The number of esters is 4. The van der Waals surface area contributed by atoms with Gasteiger partial charge in [0.1, 0.15) is 36.6 Å². The van der Waals surface area contributed by atoms with E-state index in [9.17, 15) is 24.3 Å². The fourth-order valence-electron chi connectivity index (χ4n) is 7.62. The highest BCUT2D eigenvalue weighted by Crippen LogP contribution is 2.64. The highest BCUT2D eigenvalue weighted by molar-refractivity contribution is 6.23. The Morgan fingerprint density at radius 2 is 1.63 bits per heavy atom. The number of carbonyl (C=O) groups excluding carboxylic acids is 4. The number of carbonyl (C=O) groups is 4. The first-order valence-electron chi connectivity index (χ1n) is 14.1. The number of fused-ring (bicyclic) bond motifs is 5. The number of aliphatic hydroxyl groups is 1. The van der Waals surface area contributed by atoms with Crippen LogP contribution in [0.2, 0.25) is 0 Å². The van der Waals surface area contributed by atoms with Gasteiger partial charge in [0.2, 0.25) is 0 Å². The summed E-state index contributed by atoms with van der Waals surface area (Å²) in [5.74, 6) is -5.01. The van der Waals surface area contributed by atoms with Crippen LogP contribution >= 0.6 is 11.6 Å². The lowest BCUT2D eigenvalue weighted by Gasteiger charge is -2.54. The molecule has 5 fully saturated rings. The molecule has 5 aliphatic rings. The van der Waals surface area contributed by atoms with E-state index in [1.807, 2.05) is 27.7 Å². The highest BCUT2D eigenvalue weighted by atomic mass is 35.5. The van der Waals surface area contributed by atoms with Crippen LogP contribution in [0.4, 0.5) is 0 Å². The van der Waals surface area contributed by atoms with Crippen molar-refractivity contribution in [3.8, 4) is 0 Å². The normalized spacial score (nSPS) is 48.0. The Bertz CT molecular complexity index is 1160. The summed E-state index contributed by atoms with van der Waals surface area (Å²) in [7, 11) is 0. The topological polar surface area (TPSA) is 150 Å². The van der Waals surface area contributed by atoms with Crippen LogP contribution in [0.25, 0.3) is 0 Å². The zero-order valence-corrected chi connectivity index (χ0v) is 25.1. The van der Waals surface area contributed by atoms with E-state index in [-0.39, 0.29) is 12.3 Å². The van der Waals surface area contributed by atoms with Crippen LogP contribution in [0.3, 0.4) is 0 Å². The van der Waals surface area contributed by atoms with Crippen molar-refractivity contribution in [2.45, 2.75) is 115 Å². The zero-order valence-electron chi connectivity index (χ0n) is 24.3. The molecule has 12 heteroatoms. The van der Waals surface area contributed by atoms with Gasteiger partial charge in [-0.15, -0.1) is 11.6 Å². The van der Waals surface area contributed by atoms with E-state index < -0.39 is 107 Å². The molecule has 0 bridgehead atoms. The van der Waals surface area contributed by atoms with Gasteiger partial charge in [0.25, 0.3) is 0 Å². The smallest absolute Gasteiger partial charge is 0.312 e. The molecule has 0 spiro atoms. The minimum absolute atomic E-state index is 0.0556. The van der Waals surface area contributed by atoms with Gasteiger partial charge >= 0.3 is 23.9 Å². The van der Waals surface area contributed by atoms with Gasteiger partial charge in [-0.2, -0.15) is 0 Å².